The molecule has 1 aromatic rings. The van der Waals surface area contributed by atoms with Crippen LogP contribution in [0, 0.1) is 5.92 Å². The van der Waals surface area contributed by atoms with E-state index in [2.05, 4.69) is 9.97 Å². The van der Waals surface area contributed by atoms with Gasteiger partial charge in [0.25, 0.3) is 5.56 Å². The molecule has 0 saturated carbocycles. The fraction of sp³-hybridized carbons (Fsp3) is 0.636. The van der Waals surface area contributed by atoms with E-state index in [4.69, 9.17) is 4.74 Å². The fourth-order valence-electron chi connectivity index (χ4n) is 2.06. The number of hydrogen-bond donors (Lipinski definition) is 1. The molecular weight excluding hydrogens is 244 g/mol. The summed E-state index contributed by atoms with van der Waals surface area (Å²) in [6.45, 7) is 0.924. The van der Waals surface area contributed by atoms with Crippen LogP contribution in [-0.2, 0) is 11.3 Å². The monoisotopic (exact) mass is 259 g/mol. The Balaban J connectivity index is 2.16. The molecule has 100 valence electrons. The normalized spacial score (nSPS) is 19.8. The fourth-order valence-corrected chi connectivity index (χ4v) is 2.06. The van der Waals surface area contributed by atoms with Crippen molar-refractivity contribution in [3.63, 3.8) is 0 Å². The third kappa shape index (κ3) is 2.84. The molecule has 1 unspecified atom stereocenters. The molecule has 5 nitrogen and oxygen atoms in total. The smallest absolute Gasteiger partial charge is 0.253 e. The van der Waals surface area contributed by atoms with Crippen molar-refractivity contribution in [2.75, 3.05) is 25.1 Å². The largest absolute Gasteiger partial charge is 0.377 e. The van der Waals surface area contributed by atoms with E-state index in [1.165, 1.54) is 13.2 Å². The Hall–Kier alpha value is -1.50. The van der Waals surface area contributed by atoms with Gasteiger partial charge in [0.2, 0.25) is 6.43 Å². The van der Waals surface area contributed by atoms with Crippen molar-refractivity contribution in [3.05, 3.63) is 22.2 Å². The van der Waals surface area contributed by atoms with Crippen LogP contribution < -0.4 is 10.5 Å². The molecular formula is C11H15F2N3O2. The lowest BCUT2D eigenvalue weighted by Gasteiger charge is -2.17. The van der Waals surface area contributed by atoms with Crippen molar-refractivity contribution in [3.8, 4) is 0 Å². The van der Waals surface area contributed by atoms with Gasteiger partial charge in [0.15, 0.2) is 0 Å². The van der Waals surface area contributed by atoms with Gasteiger partial charge in [0, 0.05) is 32.2 Å². The molecule has 2 heterocycles. The highest BCUT2D eigenvalue weighted by atomic mass is 19.3. The van der Waals surface area contributed by atoms with Gasteiger partial charge in [-0.25, -0.2) is 13.8 Å². The van der Waals surface area contributed by atoms with E-state index < -0.39 is 12.3 Å². The third-order valence-corrected chi connectivity index (χ3v) is 2.96. The van der Waals surface area contributed by atoms with E-state index in [9.17, 15) is 13.6 Å². The van der Waals surface area contributed by atoms with Gasteiger partial charge in [0.1, 0.15) is 18.2 Å². The highest BCUT2D eigenvalue weighted by Crippen LogP contribution is 2.25. The number of aromatic amines is 1. The van der Waals surface area contributed by atoms with Gasteiger partial charge < -0.3 is 14.6 Å². The number of nitrogens with zero attached hydrogens (tertiary/aromatic N) is 2. The quantitative estimate of drug-likeness (QED) is 0.876. The molecule has 0 aromatic carbocycles. The molecule has 1 atom stereocenters. The minimum absolute atomic E-state index is 0.190. The average Bonchev–Trinajstić information content (AvgIpc) is 2.78. The highest BCUT2D eigenvalue weighted by Gasteiger charge is 2.30. The van der Waals surface area contributed by atoms with Crippen LogP contribution >= 0.6 is 0 Å². The molecule has 1 aliphatic rings. The summed E-state index contributed by atoms with van der Waals surface area (Å²) in [6.07, 6.45) is -1.90. The maximum Gasteiger partial charge on any atom is 0.253 e. The van der Waals surface area contributed by atoms with E-state index in [1.807, 2.05) is 0 Å². The molecule has 0 spiro atoms. The van der Waals surface area contributed by atoms with Gasteiger partial charge in [-0.2, -0.15) is 0 Å². The number of aromatic nitrogens is 2. The number of ether oxygens (including phenoxy) is 1. The minimum atomic E-state index is -2.32. The Kier molecular flexibility index (Phi) is 3.90. The molecule has 0 amide bonds. The molecule has 1 N–H and O–H groups in total. The Morgan fingerprint density at radius 1 is 1.67 bits per heavy atom. The number of H-pyrrole nitrogens is 1. The number of halogens is 2. The maximum atomic E-state index is 12.6. The number of methoxy groups -OCH3 is 1. The summed E-state index contributed by atoms with van der Waals surface area (Å²) in [5, 5.41) is 0. The van der Waals surface area contributed by atoms with Crippen LogP contribution in [0.4, 0.5) is 14.6 Å². The molecule has 0 aliphatic carbocycles. The average molecular weight is 259 g/mol. The predicted molar refractivity (Wildman–Crippen MR) is 61.9 cm³/mol. The first kappa shape index (κ1) is 12.9. The molecule has 2 rings (SSSR count). The molecule has 1 aliphatic heterocycles. The first-order chi connectivity index (χ1) is 8.60. The van der Waals surface area contributed by atoms with E-state index >= 15 is 0 Å². The van der Waals surface area contributed by atoms with Crippen LogP contribution in [0.1, 0.15) is 12.2 Å². The first-order valence-corrected chi connectivity index (χ1v) is 5.72. The standard InChI is InChI=1S/C11H15F2N3O2/c1-18-6-8-14-9(4-10(17)15-8)16-3-2-7(5-16)11(12)13/h4,7,11H,2-3,5-6H2,1H3,(H,14,15,17). The summed E-state index contributed by atoms with van der Waals surface area (Å²) < 4.78 is 30.0. The van der Waals surface area contributed by atoms with Crippen LogP contribution in [0.25, 0.3) is 0 Å². The van der Waals surface area contributed by atoms with Gasteiger partial charge in [-0.05, 0) is 6.42 Å². The van der Waals surface area contributed by atoms with E-state index in [1.54, 1.807) is 4.90 Å². The van der Waals surface area contributed by atoms with Crippen LogP contribution in [0.15, 0.2) is 10.9 Å². The summed E-state index contributed by atoms with van der Waals surface area (Å²) in [4.78, 5) is 19.9. The van der Waals surface area contributed by atoms with Gasteiger partial charge in [-0.15, -0.1) is 0 Å². The van der Waals surface area contributed by atoms with Crippen LogP contribution in [-0.4, -0.2) is 36.6 Å². The zero-order chi connectivity index (χ0) is 13.1. The Labute approximate surface area is 103 Å². The van der Waals surface area contributed by atoms with E-state index in [-0.39, 0.29) is 18.7 Å². The molecule has 18 heavy (non-hydrogen) atoms. The van der Waals surface area contributed by atoms with E-state index in [0.29, 0.717) is 24.6 Å². The predicted octanol–water partition coefficient (Wildman–Crippen LogP) is 1.01. The minimum Gasteiger partial charge on any atom is -0.377 e. The van der Waals surface area contributed by atoms with Crippen molar-refractivity contribution in [1.82, 2.24) is 9.97 Å². The first-order valence-electron chi connectivity index (χ1n) is 5.72. The second kappa shape index (κ2) is 5.43. The van der Waals surface area contributed by atoms with Crippen molar-refractivity contribution in [1.29, 1.82) is 0 Å². The van der Waals surface area contributed by atoms with Gasteiger partial charge in [0.05, 0.1) is 0 Å². The highest BCUT2D eigenvalue weighted by molar-refractivity contribution is 5.38. The molecule has 1 aromatic heterocycles. The molecule has 1 fully saturated rings. The van der Waals surface area contributed by atoms with E-state index in [0.717, 1.165) is 0 Å². The lowest BCUT2D eigenvalue weighted by molar-refractivity contribution is 0.0880. The third-order valence-electron chi connectivity index (χ3n) is 2.96. The summed E-state index contributed by atoms with van der Waals surface area (Å²) in [6, 6.07) is 1.33. The number of nitrogens with one attached hydrogen (secondary N) is 1. The molecule has 0 radical (unpaired) electrons. The van der Waals surface area contributed by atoms with Gasteiger partial charge >= 0.3 is 0 Å². The topological polar surface area (TPSA) is 58.2 Å². The lowest BCUT2D eigenvalue weighted by atomic mass is 10.1. The SMILES string of the molecule is COCc1nc(N2CCC(C(F)F)C2)cc(=O)[nH]1. The second-order valence-corrected chi connectivity index (χ2v) is 4.31. The zero-order valence-corrected chi connectivity index (χ0v) is 10.0. The number of rotatable bonds is 4. The van der Waals surface area contributed by atoms with Crippen LogP contribution in [0.3, 0.4) is 0 Å². The second-order valence-electron chi connectivity index (χ2n) is 4.31. The molecule has 0 bridgehead atoms. The molecule has 7 heteroatoms. The Morgan fingerprint density at radius 3 is 3.06 bits per heavy atom. The number of anilines is 1. The van der Waals surface area contributed by atoms with Crippen molar-refractivity contribution in [2.24, 2.45) is 5.92 Å². The lowest BCUT2D eigenvalue weighted by Crippen LogP contribution is -2.25. The maximum absolute atomic E-state index is 12.6. The van der Waals surface area contributed by atoms with Crippen molar-refractivity contribution < 1.29 is 13.5 Å². The summed E-state index contributed by atoms with van der Waals surface area (Å²) >= 11 is 0. The summed E-state index contributed by atoms with van der Waals surface area (Å²) in [5.74, 6) is 0.200. The van der Waals surface area contributed by atoms with Gasteiger partial charge in [-0.3, -0.25) is 4.79 Å². The summed E-state index contributed by atoms with van der Waals surface area (Å²) in [5.41, 5.74) is -0.299. The van der Waals surface area contributed by atoms with Crippen LogP contribution in [0.2, 0.25) is 0 Å². The molecule has 1 saturated heterocycles. The Morgan fingerprint density at radius 2 is 2.44 bits per heavy atom. The van der Waals surface area contributed by atoms with Crippen molar-refractivity contribution in [2.45, 2.75) is 19.5 Å². The Bertz CT molecular complexity index is 464. The zero-order valence-electron chi connectivity index (χ0n) is 10.0. The number of hydrogen-bond acceptors (Lipinski definition) is 4. The number of alkyl halides is 2. The van der Waals surface area contributed by atoms with Crippen molar-refractivity contribution >= 4 is 5.82 Å². The summed E-state index contributed by atoms with van der Waals surface area (Å²) in [7, 11) is 1.50. The van der Waals surface area contributed by atoms with Gasteiger partial charge in [-0.1, -0.05) is 0 Å². The van der Waals surface area contributed by atoms with Crippen LogP contribution in [0.5, 0.6) is 0 Å².